The number of para-hydroxylation sites is 1. The molecule has 0 saturated carbocycles. The predicted octanol–water partition coefficient (Wildman–Crippen LogP) is 4.75. The van der Waals surface area contributed by atoms with E-state index in [9.17, 15) is 13.2 Å². The number of carbonyl (C=O) groups is 1. The Morgan fingerprint density at radius 1 is 0.933 bits per heavy atom. The molecule has 0 bridgehead atoms. The molecule has 7 heteroatoms. The van der Waals surface area contributed by atoms with Crippen molar-refractivity contribution in [1.82, 2.24) is 0 Å². The molecule has 1 amide bonds. The first-order valence-electron chi connectivity index (χ1n) is 9.26. The fourth-order valence-electron chi connectivity index (χ4n) is 3.15. The largest absolute Gasteiger partial charge is 0.456 e. The van der Waals surface area contributed by atoms with Crippen molar-refractivity contribution < 1.29 is 17.6 Å². The lowest BCUT2D eigenvalue weighted by atomic mass is 10.1. The molecule has 6 nitrogen and oxygen atoms in total. The fraction of sp³-hybridized carbons (Fsp3) is 0.0870. The normalized spacial score (nSPS) is 11.4. The van der Waals surface area contributed by atoms with Gasteiger partial charge < -0.3 is 9.73 Å². The molecule has 0 aliphatic rings. The summed E-state index contributed by atoms with van der Waals surface area (Å²) in [6.07, 6.45) is 1.11. The molecule has 0 spiro atoms. The highest BCUT2D eigenvalue weighted by Gasteiger charge is 2.19. The number of anilines is 2. The first-order chi connectivity index (χ1) is 14.3. The summed E-state index contributed by atoms with van der Waals surface area (Å²) in [7, 11) is -2.07. The topological polar surface area (TPSA) is 79.6 Å². The Kier molecular flexibility index (Phi) is 5.05. The van der Waals surface area contributed by atoms with Gasteiger partial charge in [-0.05, 0) is 42.5 Å². The molecule has 1 N–H and O–H groups in total. The van der Waals surface area contributed by atoms with Crippen LogP contribution in [0.4, 0.5) is 11.4 Å². The number of hydrogen-bond donors (Lipinski definition) is 1. The molecule has 4 aromatic rings. The van der Waals surface area contributed by atoms with E-state index in [0.29, 0.717) is 22.7 Å². The van der Waals surface area contributed by atoms with Crippen molar-refractivity contribution in [3.8, 4) is 11.3 Å². The number of benzene rings is 3. The number of nitrogens with zero attached hydrogens (tertiary/aromatic N) is 1. The maximum atomic E-state index is 12.7. The maximum absolute atomic E-state index is 12.7. The molecular weight excluding hydrogens is 400 g/mol. The van der Waals surface area contributed by atoms with Gasteiger partial charge in [-0.25, -0.2) is 8.42 Å². The number of rotatable bonds is 5. The van der Waals surface area contributed by atoms with E-state index >= 15 is 0 Å². The summed E-state index contributed by atoms with van der Waals surface area (Å²) in [5.41, 5.74) is 2.68. The van der Waals surface area contributed by atoms with Gasteiger partial charge in [0.05, 0.1) is 17.6 Å². The van der Waals surface area contributed by atoms with E-state index in [1.165, 1.54) is 7.05 Å². The number of hydrogen-bond acceptors (Lipinski definition) is 4. The molecule has 0 atom stereocenters. The fourth-order valence-corrected chi connectivity index (χ4v) is 3.67. The van der Waals surface area contributed by atoms with Crippen molar-refractivity contribution in [2.75, 3.05) is 22.9 Å². The van der Waals surface area contributed by atoms with E-state index < -0.39 is 10.0 Å². The minimum atomic E-state index is -3.52. The van der Waals surface area contributed by atoms with Crippen molar-refractivity contribution in [1.29, 1.82) is 0 Å². The number of furan rings is 1. The number of amides is 1. The van der Waals surface area contributed by atoms with Crippen molar-refractivity contribution in [2.45, 2.75) is 0 Å². The van der Waals surface area contributed by atoms with Crippen LogP contribution in [0.1, 0.15) is 10.4 Å². The Balaban J connectivity index is 1.79. The third-order valence-corrected chi connectivity index (χ3v) is 6.02. The van der Waals surface area contributed by atoms with Gasteiger partial charge in [0.1, 0.15) is 11.3 Å². The molecule has 3 aromatic carbocycles. The second kappa shape index (κ2) is 7.68. The Labute approximate surface area is 174 Å². The molecule has 30 heavy (non-hydrogen) atoms. The van der Waals surface area contributed by atoms with Gasteiger partial charge >= 0.3 is 0 Å². The number of sulfonamides is 1. The number of nitrogens with one attached hydrogen (secondary N) is 1. The Hall–Kier alpha value is -3.58. The number of carbonyl (C=O) groups excluding carboxylic acids is 1. The molecular formula is C23H20N2O4S. The zero-order valence-electron chi connectivity index (χ0n) is 16.5. The van der Waals surface area contributed by atoms with E-state index in [1.807, 2.05) is 36.4 Å². The highest BCUT2D eigenvalue weighted by molar-refractivity contribution is 7.92. The second-order valence-corrected chi connectivity index (χ2v) is 8.94. The van der Waals surface area contributed by atoms with Crippen LogP contribution in [0.2, 0.25) is 0 Å². The van der Waals surface area contributed by atoms with Crippen LogP contribution < -0.4 is 9.62 Å². The van der Waals surface area contributed by atoms with Gasteiger partial charge in [0, 0.05) is 23.6 Å². The van der Waals surface area contributed by atoms with Gasteiger partial charge in [0.2, 0.25) is 10.0 Å². The summed E-state index contributed by atoms with van der Waals surface area (Å²) in [6, 6.07) is 23.4. The predicted molar refractivity (Wildman–Crippen MR) is 119 cm³/mol. The Morgan fingerprint density at radius 2 is 1.63 bits per heavy atom. The average Bonchev–Trinajstić information content (AvgIpc) is 3.17. The van der Waals surface area contributed by atoms with E-state index in [-0.39, 0.29) is 5.91 Å². The van der Waals surface area contributed by atoms with E-state index in [4.69, 9.17) is 4.42 Å². The Bertz CT molecular complexity index is 1290. The van der Waals surface area contributed by atoms with Crippen molar-refractivity contribution in [3.05, 3.63) is 84.4 Å². The Morgan fingerprint density at radius 3 is 2.33 bits per heavy atom. The van der Waals surface area contributed by atoms with Crippen LogP contribution in [0.5, 0.6) is 0 Å². The first-order valence-corrected chi connectivity index (χ1v) is 11.1. The molecule has 0 radical (unpaired) electrons. The lowest BCUT2D eigenvalue weighted by Crippen LogP contribution is -2.26. The second-order valence-electron chi connectivity index (χ2n) is 6.93. The smallest absolute Gasteiger partial charge is 0.255 e. The van der Waals surface area contributed by atoms with Gasteiger partial charge in [-0.1, -0.05) is 36.4 Å². The highest BCUT2D eigenvalue weighted by Crippen LogP contribution is 2.34. The standard InChI is InChI=1S/C23H20N2O4S/c1-25(30(2,27)28)20-13-12-18(22-15-17-10-6-7-11-21(17)29-22)14-19(20)24-23(26)16-8-4-3-5-9-16/h3-15H,1-2H3,(H,24,26). The first kappa shape index (κ1) is 19.7. The van der Waals surface area contributed by atoms with E-state index in [1.54, 1.807) is 42.5 Å². The molecule has 152 valence electrons. The minimum absolute atomic E-state index is 0.333. The van der Waals surface area contributed by atoms with E-state index in [2.05, 4.69) is 5.32 Å². The zero-order chi connectivity index (χ0) is 21.3. The van der Waals surface area contributed by atoms with Gasteiger partial charge in [-0.3, -0.25) is 9.10 Å². The number of fused-ring (bicyclic) bond motifs is 1. The van der Waals surface area contributed by atoms with Crippen LogP contribution in [0.15, 0.2) is 83.3 Å². The molecule has 4 rings (SSSR count). The minimum Gasteiger partial charge on any atom is -0.456 e. The van der Waals surface area contributed by atoms with Gasteiger partial charge in [0.15, 0.2) is 0 Å². The molecule has 0 fully saturated rings. The molecule has 0 aliphatic heterocycles. The lowest BCUT2D eigenvalue weighted by molar-refractivity contribution is 0.102. The lowest BCUT2D eigenvalue weighted by Gasteiger charge is -2.21. The average molecular weight is 420 g/mol. The SMILES string of the molecule is CN(c1ccc(-c2cc3ccccc3o2)cc1NC(=O)c1ccccc1)S(C)(=O)=O. The molecule has 1 heterocycles. The molecule has 0 aliphatic carbocycles. The van der Waals surface area contributed by atoms with Crippen molar-refractivity contribution in [3.63, 3.8) is 0 Å². The van der Waals surface area contributed by atoms with Crippen LogP contribution in [0.25, 0.3) is 22.3 Å². The zero-order valence-corrected chi connectivity index (χ0v) is 17.3. The van der Waals surface area contributed by atoms with Crippen LogP contribution in [-0.4, -0.2) is 27.6 Å². The molecule has 0 unspecified atom stereocenters. The van der Waals surface area contributed by atoms with Gasteiger partial charge in [-0.15, -0.1) is 0 Å². The van der Waals surface area contributed by atoms with Crippen LogP contribution in [0.3, 0.4) is 0 Å². The third kappa shape index (κ3) is 3.92. The summed E-state index contributed by atoms with van der Waals surface area (Å²) >= 11 is 0. The van der Waals surface area contributed by atoms with Crippen molar-refractivity contribution in [2.24, 2.45) is 0 Å². The van der Waals surface area contributed by atoms with Crippen LogP contribution in [-0.2, 0) is 10.0 Å². The van der Waals surface area contributed by atoms with Crippen molar-refractivity contribution >= 4 is 38.3 Å². The highest BCUT2D eigenvalue weighted by atomic mass is 32.2. The summed E-state index contributed by atoms with van der Waals surface area (Å²) in [5.74, 6) is 0.292. The van der Waals surface area contributed by atoms with Crippen LogP contribution in [0, 0.1) is 0 Å². The summed E-state index contributed by atoms with van der Waals surface area (Å²) in [4.78, 5) is 12.7. The van der Waals surface area contributed by atoms with Gasteiger partial charge in [-0.2, -0.15) is 0 Å². The summed E-state index contributed by atoms with van der Waals surface area (Å²) < 4.78 is 31.3. The summed E-state index contributed by atoms with van der Waals surface area (Å²) in [6.45, 7) is 0. The van der Waals surface area contributed by atoms with E-state index in [0.717, 1.165) is 27.1 Å². The maximum Gasteiger partial charge on any atom is 0.255 e. The quantitative estimate of drug-likeness (QED) is 0.505. The monoisotopic (exact) mass is 420 g/mol. The summed E-state index contributed by atoms with van der Waals surface area (Å²) in [5, 5.41) is 3.80. The third-order valence-electron chi connectivity index (χ3n) is 4.83. The van der Waals surface area contributed by atoms with Crippen LogP contribution >= 0.6 is 0 Å². The molecule has 1 aromatic heterocycles. The van der Waals surface area contributed by atoms with Gasteiger partial charge in [0.25, 0.3) is 5.91 Å². The molecule has 0 saturated heterocycles.